The van der Waals surface area contributed by atoms with Crippen LogP contribution in [-0.2, 0) is 19.3 Å². The quantitative estimate of drug-likeness (QED) is 0.163. The number of nitrogens with one attached hydrogen (secondary N) is 2. The number of carbonyl (C=O) groups is 3. The first-order valence-corrected chi connectivity index (χ1v) is 26.5. The Morgan fingerprint density at radius 2 is 1.49 bits per heavy atom. The van der Waals surface area contributed by atoms with Gasteiger partial charge in [-0.2, -0.15) is 5.10 Å². The zero-order valence-corrected chi connectivity index (χ0v) is 45.2. The molecule has 3 fully saturated rings. The first kappa shape index (κ1) is 54.1. The van der Waals surface area contributed by atoms with Crippen LogP contribution in [0.4, 0.5) is 27.2 Å². The van der Waals surface area contributed by atoms with E-state index in [0.717, 1.165) is 30.9 Å². The molecule has 3 atom stereocenters. The molecule has 0 saturated carbocycles. The highest BCUT2D eigenvalue weighted by Crippen LogP contribution is 2.38. The number of piperazine rings is 3. The second-order valence-corrected chi connectivity index (χ2v) is 24.9. The summed E-state index contributed by atoms with van der Waals surface area (Å²) in [5, 5.41) is 11.6. The highest BCUT2D eigenvalue weighted by molar-refractivity contribution is 7.92. The molecule has 2 amide bonds. The minimum atomic E-state index is -3.93. The molecule has 7 rings (SSSR count). The fourth-order valence-corrected chi connectivity index (χ4v) is 10.2. The fourth-order valence-electron chi connectivity index (χ4n) is 8.90. The van der Waals surface area contributed by atoms with Gasteiger partial charge < -0.3 is 39.5 Å². The first-order chi connectivity index (χ1) is 33.7. The van der Waals surface area contributed by atoms with E-state index < -0.39 is 31.9 Å². The van der Waals surface area contributed by atoms with Gasteiger partial charge in [-0.3, -0.25) is 14.6 Å². The summed E-state index contributed by atoms with van der Waals surface area (Å²) in [5.74, 6) is 1.29. The molecule has 4 aromatic rings. The molecule has 3 aliphatic heterocycles. The number of aromatic nitrogens is 6. The Kier molecular flexibility index (Phi) is 16.1. The molecule has 6 heterocycles. The van der Waals surface area contributed by atoms with Crippen LogP contribution in [0.2, 0.25) is 0 Å². The number of anilines is 3. The van der Waals surface area contributed by atoms with Gasteiger partial charge in [0.2, 0.25) is 5.95 Å². The van der Waals surface area contributed by atoms with Crippen molar-refractivity contribution in [3.63, 3.8) is 0 Å². The number of ether oxygens (including phenoxy) is 3. The van der Waals surface area contributed by atoms with E-state index in [1.54, 1.807) is 66.9 Å². The van der Waals surface area contributed by atoms with Gasteiger partial charge in [-0.1, -0.05) is 0 Å². The van der Waals surface area contributed by atoms with E-state index in [1.807, 2.05) is 44.4 Å². The van der Waals surface area contributed by atoms with Crippen LogP contribution in [0.25, 0.3) is 10.9 Å². The SMILES string of the molecule is Cc1nn(C(=O)OC(C)(C)C)c(Nc2ncnc3cc(OCCCN4CCN(C(=O)c5cnc(N6CCN(C[C@H]7CN(C(=O)OC(C)(C)C)[C@H](C)CN7)[C@H](C)C6)nc5)CC4)c(S(=O)(=O)C(C)(C)C)cc23)c1C. The van der Waals surface area contributed by atoms with Crippen LogP contribution in [0.15, 0.2) is 35.7 Å². The minimum Gasteiger partial charge on any atom is -0.492 e. The largest absolute Gasteiger partial charge is 0.492 e. The van der Waals surface area contributed by atoms with Gasteiger partial charge in [0.15, 0.2) is 9.84 Å². The Morgan fingerprint density at radius 1 is 0.819 bits per heavy atom. The van der Waals surface area contributed by atoms with Gasteiger partial charge >= 0.3 is 12.2 Å². The van der Waals surface area contributed by atoms with Crippen molar-refractivity contribution in [2.75, 3.05) is 88.8 Å². The maximum absolute atomic E-state index is 14.1. The van der Waals surface area contributed by atoms with Crippen LogP contribution in [-0.4, -0.2) is 189 Å². The predicted molar refractivity (Wildman–Crippen MR) is 275 cm³/mol. The van der Waals surface area contributed by atoms with Gasteiger partial charge in [-0.15, -0.1) is 4.68 Å². The summed E-state index contributed by atoms with van der Waals surface area (Å²) in [6.07, 6.45) is 4.27. The number of fused-ring (bicyclic) bond motifs is 1. The molecule has 21 nitrogen and oxygen atoms in total. The van der Waals surface area contributed by atoms with Crippen molar-refractivity contribution < 1.29 is 37.0 Å². The number of aryl methyl sites for hydroxylation is 1. The van der Waals surface area contributed by atoms with Crippen LogP contribution in [0.3, 0.4) is 0 Å². The lowest BCUT2D eigenvalue weighted by molar-refractivity contribution is 0.00693. The van der Waals surface area contributed by atoms with Crippen molar-refractivity contribution in [2.45, 2.75) is 135 Å². The molecule has 0 unspecified atom stereocenters. The molecule has 0 aliphatic carbocycles. The number of hydrogen-bond donors (Lipinski definition) is 2. The Labute approximate surface area is 424 Å². The molecule has 3 saturated heterocycles. The number of amides is 2. The van der Waals surface area contributed by atoms with Gasteiger partial charge in [0.05, 0.1) is 28.1 Å². The fraction of sp³-hybridized carbons (Fsp3) is 0.640. The molecule has 394 valence electrons. The van der Waals surface area contributed by atoms with Gasteiger partial charge in [0.25, 0.3) is 5.91 Å². The molecule has 0 bridgehead atoms. The Morgan fingerprint density at radius 3 is 2.12 bits per heavy atom. The molecule has 1 aromatic carbocycles. The van der Waals surface area contributed by atoms with Crippen LogP contribution >= 0.6 is 0 Å². The number of rotatable bonds is 12. The van der Waals surface area contributed by atoms with E-state index in [1.165, 1.54) is 12.4 Å². The van der Waals surface area contributed by atoms with Crippen molar-refractivity contribution in [2.24, 2.45) is 0 Å². The molecule has 0 spiro atoms. The molecular weight excluding hydrogens is 943 g/mol. The van der Waals surface area contributed by atoms with Gasteiger partial charge in [-0.25, -0.2) is 37.9 Å². The smallest absolute Gasteiger partial charge is 0.437 e. The normalized spacial score (nSPS) is 19.9. The van der Waals surface area contributed by atoms with Crippen molar-refractivity contribution in [1.82, 2.24) is 54.6 Å². The van der Waals surface area contributed by atoms with E-state index in [9.17, 15) is 22.8 Å². The molecule has 22 heteroatoms. The average molecular weight is 1020 g/mol. The van der Waals surface area contributed by atoms with Crippen molar-refractivity contribution in [3.8, 4) is 5.75 Å². The highest BCUT2D eigenvalue weighted by Gasteiger charge is 2.37. The summed E-state index contributed by atoms with van der Waals surface area (Å²) in [7, 11) is -3.93. The monoisotopic (exact) mass is 1020 g/mol. The standard InChI is InChI=1S/C50H75N13O8S/c1-32-25-51-37(30-62(32)46(65)70-48(5,6)7)29-60-20-21-61(28-33(60)2)45-52-26-36(27-53-45)44(64)59-18-16-58(17-19-59)15-14-22-69-40-24-39-38(23-41(40)72(67,68)50(11,12)13)42(55-31-54-39)56-43-34(3)35(4)57-63(43)47(66)71-49(8,9)10/h23-24,26-27,31-33,37,51H,14-22,25,28-30H2,1-13H3,(H,54,55,56)/t32-,33-,37+/m1/s1. The molecule has 0 radical (unpaired) electrons. The van der Waals surface area contributed by atoms with E-state index >= 15 is 0 Å². The third-order valence-electron chi connectivity index (χ3n) is 13.2. The first-order valence-electron chi connectivity index (χ1n) is 25.0. The molecule has 3 aliphatic rings. The van der Waals surface area contributed by atoms with Crippen molar-refractivity contribution in [1.29, 1.82) is 0 Å². The van der Waals surface area contributed by atoms with Crippen molar-refractivity contribution >= 4 is 56.4 Å². The summed E-state index contributed by atoms with van der Waals surface area (Å²) < 4.78 is 45.8. The lowest BCUT2D eigenvalue weighted by Gasteiger charge is -2.44. The van der Waals surface area contributed by atoms with Crippen LogP contribution in [0.1, 0.15) is 104 Å². The maximum atomic E-state index is 14.1. The third kappa shape index (κ3) is 12.7. The van der Waals surface area contributed by atoms with Crippen molar-refractivity contribution in [3.05, 3.63) is 47.7 Å². The number of carbonyl (C=O) groups excluding carboxylic acids is 3. The molecule has 2 N–H and O–H groups in total. The van der Waals surface area contributed by atoms with Gasteiger partial charge in [0, 0.05) is 120 Å². The lowest BCUT2D eigenvalue weighted by atomic mass is 10.1. The second-order valence-electron chi connectivity index (χ2n) is 22.2. The molecular formula is C50H75N13O8S. The van der Waals surface area contributed by atoms with E-state index in [4.69, 9.17) is 14.2 Å². The summed E-state index contributed by atoms with van der Waals surface area (Å²) in [4.78, 5) is 68.4. The third-order valence-corrected chi connectivity index (χ3v) is 15.7. The Balaban J connectivity index is 0.909. The van der Waals surface area contributed by atoms with E-state index in [0.29, 0.717) is 91.7 Å². The minimum absolute atomic E-state index is 0.00307. The van der Waals surface area contributed by atoms with E-state index in [-0.39, 0.29) is 53.2 Å². The number of benzene rings is 1. The summed E-state index contributed by atoms with van der Waals surface area (Å²) >= 11 is 0. The van der Waals surface area contributed by atoms with E-state index in [2.05, 4.69) is 57.3 Å². The second kappa shape index (κ2) is 21.4. The number of nitrogens with zero attached hydrogens (tertiary/aromatic N) is 11. The predicted octanol–water partition coefficient (Wildman–Crippen LogP) is 5.67. The highest BCUT2D eigenvalue weighted by atomic mass is 32.2. The van der Waals surface area contributed by atoms with Crippen LogP contribution < -0.4 is 20.3 Å². The summed E-state index contributed by atoms with van der Waals surface area (Å²) in [5.41, 5.74) is 0.874. The lowest BCUT2D eigenvalue weighted by Crippen LogP contribution is -2.63. The topological polar surface area (TPSA) is 223 Å². The van der Waals surface area contributed by atoms with Crippen LogP contribution in [0, 0.1) is 13.8 Å². The average Bonchev–Trinajstić information content (AvgIpc) is 3.58. The zero-order valence-electron chi connectivity index (χ0n) is 44.4. The molecule has 3 aromatic heterocycles. The zero-order chi connectivity index (χ0) is 52.5. The van der Waals surface area contributed by atoms with Gasteiger partial charge in [-0.05, 0) is 102 Å². The number of sulfone groups is 1. The van der Waals surface area contributed by atoms with Gasteiger partial charge in [0.1, 0.15) is 39.8 Å². The summed E-state index contributed by atoms with van der Waals surface area (Å²) in [6, 6.07) is 3.55. The maximum Gasteiger partial charge on any atom is 0.437 e. The molecule has 72 heavy (non-hydrogen) atoms. The Hall–Kier alpha value is -5.71. The van der Waals surface area contributed by atoms with Crippen LogP contribution in [0.5, 0.6) is 5.75 Å². The summed E-state index contributed by atoms with van der Waals surface area (Å²) in [6.45, 7) is 31.4. The Bertz CT molecular complexity index is 2710. The number of hydrogen-bond acceptors (Lipinski definition) is 18.